The van der Waals surface area contributed by atoms with Gasteiger partial charge in [-0.15, -0.1) is 0 Å². The van der Waals surface area contributed by atoms with Crippen LogP contribution < -0.4 is 16.4 Å². The quantitative estimate of drug-likeness (QED) is 0.292. The zero-order valence-corrected chi connectivity index (χ0v) is 25.5. The average Bonchev–Trinajstić information content (AvgIpc) is 3.59. The molecule has 3 aliphatic rings. The summed E-state index contributed by atoms with van der Waals surface area (Å²) in [5.41, 5.74) is 4.44. The fraction of sp³-hybridized carbons (Fsp3) is 0.833. The van der Waals surface area contributed by atoms with Crippen LogP contribution in [0.1, 0.15) is 98.8 Å². The van der Waals surface area contributed by atoms with E-state index >= 15 is 0 Å². The van der Waals surface area contributed by atoms with Crippen molar-refractivity contribution in [3.05, 3.63) is 0 Å². The molecule has 2 aliphatic carbocycles. The molecule has 12 heteroatoms. The number of alkyl carbamates (subject to hydrolysis) is 1. The molecular formula is C30H48F2N4O6. The van der Waals surface area contributed by atoms with E-state index in [0.29, 0.717) is 18.8 Å². The van der Waals surface area contributed by atoms with Crippen molar-refractivity contribution in [1.29, 1.82) is 0 Å². The van der Waals surface area contributed by atoms with Gasteiger partial charge in [-0.1, -0.05) is 26.7 Å². The summed E-state index contributed by atoms with van der Waals surface area (Å²) in [6.07, 6.45) is 2.72. The molecule has 3 fully saturated rings. The van der Waals surface area contributed by atoms with Gasteiger partial charge in [0.05, 0.1) is 6.04 Å². The number of halogens is 2. The molecule has 4 amide bonds. The van der Waals surface area contributed by atoms with Gasteiger partial charge in [0, 0.05) is 19.4 Å². The Morgan fingerprint density at radius 1 is 0.952 bits per heavy atom. The molecule has 2 unspecified atom stereocenters. The fourth-order valence-corrected chi connectivity index (χ4v) is 6.14. The van der Waals surface area contributed by atoms with E-state index < -0.39 is 59.2 Å². The molecule has 1 aliphatic heterocycles. The van der Waals surface area contributed by atoms with E-state index in [0.717, 1.165) is 12.8 Å². The van der Waals surface area contributed by atoms with Crippen molar-refractivity contribution in [2.75, 3.05) is 6.54 Å². The van der Waals surface area contributed by atoms with Gasteiger partial charge in [0.15, 0.2) is 0 Å². The molecule has 10 nitrogen and oxygen atoms in total. The number of nitrogens with zero attached hydrogens (tertiary/aromatic N) is 1. The van der Waals surface area contributed by atoms with Gasteiger partial charge in [-0.25, -0.2) is 13.6 Å². The zero-order valence-electron chi connectivity index (χ0n) is 25.5. The van der Waals surface area contributed by atoms with E-state index in [1.807, 2.05) is 13.8 Å². The Morgan fingerprint density at radius 3 is 2.10 bits per heavy atom. The maximum atomic E-state index is 14.1. The number of nitrogens with two attached hydrogens (primary N) is 1. The normalized spacial score (nSPS) is 24.1. The number of amides is 4. The predicted octanol–water partition coefficient (Wildman–Crippen LogP) is 3.70. The third kappa shape index (κ3) is 9.62. The van der Waals surface area contributed by atoms with Crippen LogP contribution in [0.5, 0.6) is 0 Å². The standard InChI is InChI=1S/C30H48F2N4O6/c1-17(2)20-12-15-36(23(20)26(39)34-21(24(37)25(33)38)9-8-18-6-7-18)27(40)22(35-28(41)42-29(3,4)5)16-19-10-13-30(31,32)14-11-19/h17-23H,6-16H2,1-5H3,(H2,33,38)(H,34,39)(H,35,41)/t20-,21?,22?,23+/m1/s1. The lowest BCUT2D eigenvalue weighted by Gasteiger charge is -2.35. The van der Waals surface area contributed by atoms with Crippen molar-refractivity contribution in [3.8, 4) is 0 Å². The molecule has 4 N–H and O–H groups in total. The topological polar surface area (TPSA) is 148 Å². The molecule has 2 saturated carbocycles. The van der Waals surface area contributed by atoms with Crippen molar-refractivity contribution >= 4 is 29.6 Å². The Balaban J connectivity index is 1.82. The number of likely N-dealkylation sites (tertiary alicyclic amines) is 1. The molecule has 0 aromatic heterocycles. The molecule has 238 valence electrons. The molecular weight excluding hydrogens is 550 g/mol. The molecule has 4 atom stereocenters. The largest absolute Gasteiger partial charge is 0.444 e. The van der Waals surface area contributed by atoms with Crippen molar-refractivity contribution in [1.82, 2.24) is 15.5 Å². The van der Waals surface area contributed by atoms with Crippen LogP contribution in [-0.4, -0.2) is 70.7 Å². The predicted molar refractivity (Wildman–Crippen MR) is 151 cm³/mol. The number of nitrogens with one attached hydrogen (secondary N) is 2. The molecule has 0 bridgehead atoms. The lowest BCUT2D eigenvalue weighted by atomic mass is 9.82. The number of primary amides is 1. The Morgan fingerprint density at radius 2 is 1.57 bits per heavy atom. The first kappa shape index (κ1) is 33.7. The number of hydrogen-bond acceptors (Lipinski definition) is 6. The van der Waals surface area contributed by atoms with E-state index in [-0.39, 0.29) is 62.8 Å². The van der Waals surface area contributed by atoms with E-state index in [2.05, 4.69) is 10.6 Å². The van der Waals surface area contributed by atoms with Crippen LogP contribution in [0, 0.1) is 23.7 Å². The fourth-order valence-electron chi connectivity index (χ4n) is 6.14. The number of hydrogen-bond donors (Lipinski definition) is 3. The molecule has 1 heterocycles. The highest BCUT2D eigenvalue weighted by atomic mass is 19.3. The number of Topliss-reactive ketones (excluding diaryl/α,β-unsaturated/α-hetero) is 1. The van der Waals surface area contributed by atoms with Gasteiger partial charge in [-0.2, -0.15) is 0 Å². The molecule has 0 spiro atoms. The van der Waals surface area contributed by atoms with Crippen LogP contribution in [0.15, 0.2) is 0 Å². The highest BCUT2D eigenvalue weighted by molar-refractivity contribution is 6.37. The maximum Gasteiger partial charge on any atom is 0.408 e. The summed E-state index contributed by atoms with van der Waals surface area (Å²) in [6.45, 7) is 9.19. The van der Waals surface area contributed by atoms with Crippen molar-refractivity contribution < 1.29 is 37.5 Å². The molecule has 1 saturated heterocycles. The second-order valence-corrected chi connectivity index (χ2v) is 13.7. The van der Waals surface area contributed by atoms with E-state index in [4.69, 9.17) is 10.5 Å². The number of rotatable bonds is 12. The van der Waals surface area contributed by atoms with Gasteiger partial charge in [-0.3, -0.25) is 19.2 Å². The number of ketones is 1. The third-order valence-corrected chi connectivity index (χ3v) is 8.68. The lowest BCUT2D eigenvalue weighted by Crippen LogP contribution is -2.58. The summed E-state index contributed by atoms with van der Waals surface area (Å²) < 4.78 is 33.0. The van der Waals surface area contributed by atoms with Crippen LogP contribution in [0.3, 0.4) is 0 Å². The highest BCUT2D eigenvalue weighted by Crippen LogP contribution is 2.39. The van der Waals surface area contributed by atoms with Crippen molar-refractivity contribution in [2.24, 2.45) is 29.4 Å². The third-order valence-electron chi connectivity index (χ3n) is 8.68. The minimum Gasteiger partial charge on any atom is -0.444 e. The molecule has 3 rings (SSSR count). The minimum atomic E-state index is -2.74. The molecule has 42 heavy (non-hydrogen) atoms. The second-order valence-electron chi connectivity index (χ2n) is 13.7. The SMILES string of the molecule is CC(C)[C@H]1CCN(C(=O)C(CC2CCC(F)(F)CC2)NC(=O)OC(C)(C)C)[C@@H]1C(=O)NC(CCC1CC1)C(=O)C(N)=O. The summed E-state index contributed by atoms with van der Waals surface area (Å²) in [5.74, 6) is -5.79. The Hall–Kier alpha value is -2.79. The van der Waals surface area contributed by atoms with E-state index in [1.165, 1.54) is 4.90 Å². The summed E-state index contributed by atoms with van der Waals surface area (Å²) >= 11 is 0. The highest BCUT2D eigenvalue weighted by Gasteiger charge is 2.47. The smallest absolute Gasteiger partial charge is 0.408 e. The van der Waals surface area contributed by atoms with Gasteiger partial charge in [0.1, 0.15) is 17.7 Å². The number of carbonyl (C=O) groups is 5. The number of alkyl halides is 2. The minimum absolute atomic E-state index is 0.00754. The first-order valence-corrected chi connectivity index (χ1v) is 15.3. The van der Waals surface area contributed by atoms with Crippen LogP contribution in [0.4, 0.5) is 13.6 Å². The number of carbonyl (C=O) groups excluding carboxylic acids is 5. The Kier molecular flexibility index (Phi) is 11.0. The first-order valence-electron chi connectivity index (χ1n) is 15.3. The van der Waals surface area contributed by atoms with E-state index in [9.17, 15) is 32.8 Å². The zero-order chi connectivity index (χ0) is 31.4. The number of ether oxygens (including phenoxy) is 1. The second kappa shape index (κ2) is 13.7. The average molecular weight is 599 g/mol. The maximum absolute atomic E-state index is 14.1. The summed E-state index contributed by atoms with van der Waals surface area (Å²) in [4.78, 5) is 66.3. The Bertz CT molecular complexity index is 1020. The van der Waals surface area contributed by atoms with Gasteiger partial charge in [-0.05, 0) is 83.0 Å². The van der Waals surface area contributed by atoms with Crippen LogP contribution >= 0.6 is 0 Å². The molecule has 0 radical (unpaired) electrons. The van der Waals surface area contributed by atoms with Crippen molar-refractivity contribution in [3.63, 3.8) is 0 Å². The first-order chi connectivity index (χ1) is 19.5. The van der Waals surface area contributed by atoms with Gasteiger partial charge >= 0.3 is 6.09 Å². The van der Waals surface area contributed by atoms with Gasteiger partial charge in [0.2, 0.25) is 23.5 Å². The van der Waals surface area contributed by atoms with Crippen LogP contribution in [-0.2, 0) is 23.9 Å². The summed E-state index contributed by atoms with van der Waals surface area (Å²) in [7, 11) is 0. The summed E-state index contributed by atoms with van der Waals surface area (Å²) in [6, 6.07) is -3.11. The Labute approximate surface area is 247 Å². The summed E-state index contributed by atoms with van der Waals surface area (Å²) in [5, 5.41) is 5.36. The molecule has 0 aromatic carbocycles. The van der Waals surface area contributed by atoms with Crippen LogP contribution in [0.2, 0.25) is 0 Å². The molecule has 0 aromatic rings. The van der Waals surface area contributed by atoms with Crippen LogP contribution in [0.25, 0.3) is 0 Å². The monoisotopic (exact) mass is 598 g/mol. The van der Waals surface area contributed by atoms with Gasteiger partial charge < -0.3 is 26.0 Å². The van der Waals surface area contributed by atoms with Gasteiger partial charge in [0.25, 0.3) is 5.91 Å². The lowest BCUT2D eigenvalue weighted by molar-refractivity contribution is -0.143. The van der Waals surface area contributed by atoms with Crippen molar-refractivity contribution in [2.45, 2.75) is 128 Å². The van der Waals surface area contributed by atoms with E-state index in [1.54, 1.807) is 20.8 Å².